The van der Waals surface area contributed by atoms with E-state index in [2.05, 4.69) is 15.6 Å². The van der Waals surface area contributed by atoms with Gasteiger partial charge in [-0.2, -0.15) is 0 Å². The van der Waals surface area contributed by atoms with E-state index in [1.165, 1.54) is 6.34 Å². The number of aliphatic imine (C=N–C) groups is 1. The first-order valence-electron chi connectivity index (χ1n) is 7.00. The standard InChI is InChI=1S/C15H24N4O2/c1-4-5-14(20)19-11-6-7-12(13(8-11)18-10-16)17-9-15(2,3)21/h6-8,10,17,21H,4-5,9H2,1-3H3,(H2,16,18)(H,19,20). The molecule has 1 aromatic rings. The molecule has 0 fully saturated rings. The summed E-state index contributed by atoms with van der Waals surface area (Å²) >= 11 is 0. The third-order valence-corrected chi connectivity index (χ3v) is 2.68. The lowest BCUT2D eigenvalue weighted by atomic mass is 10.1. The van der Waals surface area contributed by atoms with Crippen molar-refractivity contribution in [2.75, 3.05) is 17.2 Å². The van der Waals surface area contributed by atoms with Crippen molar-refractivity contribution >= 4 is 29.3 Å². The van der Waals surface area contributed by atoms with Gasteiger partial charge in [-0.3, -0.25) is 4.79 Å². The highest BCUT2D eigenvalue weighted by Crippen LogP contribution is 2.28. The molecule has 0 saturated heterocycles. The number of carbonyl (C=O) groups is 1. The van der Waals surface area contributed by atoms with Crippen molar-refractivity contribution in [1.82, 2.24) is 0 Å². The Morgan fingerprint density at radius 3 is 2.76 bits per heavy atom. The van der Waals surface area contributed by atoms with E-state index in [1.54, 1.807) is 32.0 Å². The van der Waals surface area contributed by atoms with Crippen LogP contribution in [0.5, 0.6) is 0 Å². The molecule has 0 spiro atoms. The first-order valence-corrected chi connectivity index (χ1v) is 7.00. The second-order valence-corrected chi connectivity index (χ2v) is 5.47. The third-order valence-electron chi connectivity index (χ3n) is 2.68. The number of hydrogen-bond donors (Lipinski definition) is 4. The number of carbonyl (C=O) groups excluding carboxylic acids is 1. The number of anilines is 2. The number of nitrogens with two attached hydrogens (primary N) is 1. The Morgan fingerprint density at radius 2 is 2.19 bits per heavy atom. The van der Waals surface area contributed by atoms with Gasteiger partial charge in [0.25, 0.3) is 0 Å². The van der Waals surface area contributed by atoms with Gasteiger partial charge >= 0.3 is 0 Å². The Bertz CT molecular complexity index is 507. The maximum absolute atomic E-state index is 11.6. The predicted octanol–water partition coefficient (Wildman–Crippen LogP) is 2.23. The summed E-state index contributed by atoms with van der Waals surface area (Å²) in [6, 6.07) is 5.33. The normalized spacial score (nSPS) is 11.6. The van der Waals surface area contributed by atoms with Crippen molar-refractivity contribution < 1.29 is 9.90 Å². The van der Waals surface area contributed by atoms with Crippen LogP contribution >= 0.6 is 0 Å². The number of hydrogen-bond acceptors (Lipinski definition) is 4. The lowest BCUT2D eigenvalue weighted by molar-refractivity contribution is -0.116. The minimum atomic E-state index is -0.836. The Morgan fingerprint density at radius 1 is 1.48 bits per heavy atom. The predicted molar refractivity (Wildman–Crippen MR) is 87.1 cm³/mol. The van der Waals surface area contributed by atoms with Crippen molar-refractivity contribution in [3.05, 3.63) is 18.2 Å². The zero-order valence-electron chi connectivity index (χ0n) is 12.8. The molecule has 116 valence electrons. The van der Waals surface area contributed by atoms with Gasteiger partial charge in [-0.15, -0.1) is 0 Å². The van der Waals surface area contributed by atoms with Gasteiger partial charge in [-0.05, 0) is 38.5 Å². The fraction of sp³-hybridized carbons (Fsp3) is 0.467. The van der Waals surface area contributed by atoms with Crippen molar-refractivity contribution in [2.24, 2.45) is 10.7 Å². The van der Waals surface area contributed by atoms with E-state index in [9.17, 15) is 9.90 Å². The van der Waals surface area contributed by atoms with Crippen LogP contribution in [0.4, 0.5) is 17.1 Å². The van der Waals surface area contributed by atoms with Gasteiger partial charge in [-0.25, -0.2) is 4.99 Å². The molecule has 0 aromatic heterocycles. The smallest absolute Gasteiger partial charge is 0.224 e. The third kappa shape index (κ3) is 6.27. The van der Waals surface area contributed by atoms with Crippen LogP contribution in [0.25, 0.3) is 0 Å². The maximum atomic E-state index is 11.6. The average Bonchev–Trinajstić information content (AvgIpc) is 2.37. The molecule has 6 nitrogen and oxygen atoms in total. The average molecular weight is 292 g/mol. The molecular formula is C15H24N4O2. The molecule has 0 unspecified atom stereocenters. The van der Waals surface area contributed by atoms with Crippen LogP contribution in [0.2, 0.25) is 0 Å². The zero-order valence-corrected chi connectivity index (χ0v) is 12.8. The van der Waals surface area contributed by atoms with Crippen molar-refractivity contribution in [2.45, 2.75) is 39.2 Å². The number of rotatable bonds is 7. The second-order valence-electron chi connectivity index (χ2n) is 5.47. The fourth-order valence-electron chi connectivity index (χ4n) is 1.71. The van der Waals surface area contributed by atoms with Gasteiger partial charge in [0, 0.05) is 18.7 Å². The molecule has 6 heteroatoms. The molecular weight excluding hydrogens is 268 g/mol. The number of amides is 1. The van der Waals surface area contributed by atoms with E-state index in [4.69, 9.17) is 5.73 Å². The first-order chi connectivity index (χ1) is 9.85. The molecule has 0 bridgehead atoms. The summed E-state index contributed by atoms with van der Waals surface area (Å²) in [7, 11) is 0. The first kappa shape index (κ1) is 17.0. The largest absolute Gasteiger partial charge is 0.390 e. The van der Waals surface area contributed by atoms with Gasteiger partial charge in [0.2, 0.25) is 5.91 Å². The molecule has 0 radical (unpaired) electrons. The highest BCUT2D eigenvalue weighted by molar-refractivity contribution is 5.92. The van der Waals surface area contributed by atoms with Crippen molar-refractivity contribution in [3.63, 3.8) is 0 Å². The van der Waals surface area contributed by atoms with Crippen LogP contribution in [-0.2, 0) is 4.79 Å². The van der Waals surface area contributed by atoms with Gasteiger partial charge in [0.1, 0.15) is 0 Å². The molecule has 0 atom stereocenters. The minimum Gasteiger partial charge on any atom is -0.390 e. The molecule has 0 heterocycles. The second kappa shape index (κ2) is 7.64. The number of nitrogens with zero attached hydrogens (tertiary/aromatic N) is 1. The van der Waals surface area contributed by atoms with E-state index in [1.807, 2.05) is 6.92 Å². The highest BCUT2D eigenvalue weighted by Gasteiger charge is 2.13. The summed E-state index contributed by atoms with van der Waals surface area (Å²) in [6.07, 6.45) is 2.47. The summed E-state index contributed by atoms with van der Waals surface area (Å²) in [5.41, 5.74) is 6.54. The quantitative estimate of drug-likeness (QED) is 0.457. The number of nitrogens with one attached hydrogen (secondary N) is 2. The lowest BCUT2D eigenvalue weighted by Crippen LogP contribution is -2.29. The van der Waals surface area contributed by atoms with Crippen molar-refractivity contribution in [1.29, 1.82) is 0 Å². The van der Waals surface area contributed by atoms with E-state index in [-0.39, 0.29) is 5.91 Å². The number of benzene rings is 1. The van der Waals surface area contributed by atoms with Crippen LogP contribution < -0.4 is 16.4 Å². The van der Waals surface area contributed by atoms with Crippen LogP contribution in [0, 0.1) is 0 Å². The zero-order chi connectivity index (χ0) is 15.9. The van der Waals surface area contributed by atoms with Gasteiger partial charge in [-0.1, -0.05) is 6.92 Å². The van der Waals surface area contributed by atoms with Crippen LogP contribution in [0.1, 0.15) is 33.6 Å². The molecule has 0 aliphatic rings. The van der Waals surface area contributed by atoms with E-state index < -0.39 is 5.60 Å². The van der Waals surface area contributed by atoms with E-state index >= 15 is 0 Å². The topological polar surface area (TPSA) is 99.7 Å². The Labute approximate surface area is 125 Å². The molecule has 1 amide bonds. The summed E-state index contributed by atoms with van der Waals surface area (Å²) in [6.45, 7) is 5.76. The summed E-state index contributed by atoms with van der Waals surface area (Å²) in [5, 5.41) is 15.7. The van der Waals surface area contributed by atoms with E-state index in [0.717, 1.165) is 12.1 Å². The van der Waals surface area contributed by atoms with Crippen LogP contribution in [-0.4, -0.2) is 29.5 Å². The summed E-state index contributed by atoms with van der Waals surface area (Å²) in [4.78, 5) is 15.7. The monoisotopic (exact) mass is 292 g/mol. The van der Waals surface area contributed by atoms with Gasteiger partial charge in [0.15, 0.2) is 0 Å². The molecule has 0 saturated carbocycles. The summed E-state index contributed by atoms with van der Waals surface area (Å²) < 4.78 is 0. The SMILES string of the molecule is CCCC(=O)Nc1ccc(NCC(C)(C)O)c(N=CN)c1. The Kier molecular flexibility index (Phi) is 6.17. The number of aliphatic hydroxyl groups is 1. The van der Waals surface area contributed by atoms with Crippen LogP contribution in [0.3, 0.4) is 0 Å². The van der Waals surface area contributed by atoms with Gasteiger partial charge in [0.05, 0.1) is 23.3 Å². The van der Waals surface area contributed by atoms with Gasteiger partial charge < -0.3 is 21.5 Å². The highest BCUT2D eigenvalue weighted by atomic mass is 16.3. The summed E-state index contributed by atoms with van der Waals surface area (Å²) in [5.74, 6) is -0.0302. The molecule has 5 N–H and O–H groups in total. The molecule has 1 aromatic carbocycles. The fourth-order valence-corrected chi connectivity index (χ4v) is 1.71. The Balaban J connectivity index is 2.88. The van der Waals surface area contributed by atoms with Crippen LogP contribution in [0.15, 0.2) is 23.2 Å². The lowest BCUT2D eigenvalue weighted by Gasteiger charge is -2.19. The maximum Gasteiger partial charge on any atom is 0.224 e. The molecule has 0 aliphatic heterocycles. The minimum absolute atomic E-state index is 0.0302. The molecule has 0 aliphatic carbocycles. The van der Waals surface area contributed by atoms with Crippen molar-refractivity contribution in [3.8, 4) is 0 Å². The van der Waals surface area contributed by atoms with E-state index in [0.29, 0.717) is 24.3 Å². The molecule has 21 heavy (non-hydrogen) atoms. The Hall–Kier alpha value is -2.08. The molecule has 1 rings (SSSR count).